The Hall–Kier alpha value is -2.98. The van der Waals surface area contributed by atoms with E-state index in [1.807, 2.05) is 55.6 Å². The van der Waals surface area contributed by atoms with E-state index in [9.17, 15) is 9.59 Å². The number of likely N-dealkylation sites (N-methyl/N-ethyl adjacent to an activating group) is 1. The molecular formula is C21H26N6O3S. The van der Waals surface area contributed by atoms with Crippen molar-refractivity contribution >= 4 is 23.5 Å². The number of aryl methyl sites for hydroxylation is 1. The number of hydrogen-bond donors (Lipinski definition) is 0. The zero-order valence-electron chi connectivity index (χ0n) is 18.3. The van der Waals surface area contributed by atoms with Gasteiger partial charge < -0.3 is 14.2 Å². The van der Waals surface area contributed by atoms with Crippen LogP contribution in [-0.2, 0) is 11.3 Å². The van der Waals surface area contributed by atoms with Crippen LogP contribution in [0.4, 0.5) is 0 Å². The lowest BCUT2D eigenvalue weighted by Gasteiger charge is -2.11. The molecule has 2 aromatic heterocycles. The Labute approximate surface area is 185 Å². The SMILES string of the molecule is COC(=O)c1ccc(-n2c(C)cc(C(=O)CSc3nnnn3CCN(C)C)c2C)cc1. The molecule has 0 spiro atoms. The van der Waals surface area contributed by atoms with Crippen LogP contribution in [-0.4, -0.2) is 74.9 Å². The van der Waals surface area contributed by atoms with E-state index < -0.39 is 0 Å². The molecule has 0 bridgehead atoms. The van der Waals surface area contributed by atoms with Gasteiger partial charge in [0.2, 0.25) is 5.16 Å². The number of carbonyl (C=O) groups excluding carboxylic acids is 2. The van der Waals surface area contributed by atoms with Gasteiger partial charge in [0, 0.05) is 29.2 Å². The molecule has 0 atom stereocenters. The summed E-state index contributed by atoms with van der Waals surface area (Å²) in [4.78, 5) is 26.6. The molecular weight excluding hydrogens is 416 g/mol. The topological polar surface area (TPSA) is 95.1 Å². The van der Waals surface area contributed by atoms with E-state index in [2.05, 4.69) is 15.5 Å². The van der Waals surface area contributed by atoms with E-state index >= 15 is 0 Å². The van der Waals surface area contributed by atoms with E-state index in [1.54, 1.807) is 16.8 Å². The van der Waals surface area contributed by atoms with Crippen LogP contribution >= 0.6 is 11.8 Å². The Morgan fingerprint density at radius 3 is 2.52 bits per heavy atom. The number of carbonyl (C=O) groups is 2. The largest absolute Gasteiger partial charge is 0.465 e. The van der Waals surface area contributed by atoms with Crippen molar-refractivity contribution in [3.8, 4) is 5.69 Å². The summed E-state index contributed by atoms with van der Waals surface area (Å²) in [6.45, 7) is 5.34. The van der Waals surface area contributed by atoms with Crippen LogP contribution in [0.15, 0.2) is 35.5 Å². The van der Waals surface area contributed by atoms with Crippen molar-refractivity contribution < 1.29 is 14.3 Å². The van der Waals surface area contributed by atoms with Gasteiger partial charge in [-0.25, -0.2) is 9.48 Å². The average Bonchev–Trinajstić information content (AvgIpc) is 3.33. The molecule has 164 valence electrons. The van der Waals surface area contributed by atoms with Crippen LogP contribution in [0.2, 0.25) is 0 Å². The predicted octanol–water partition coefficient (Wildman–Crippen LogP) is 2.40. The average molecular weight is 443 g/mol. The van der Waals surface area contributed by atoms with Crippen LogP contribution in [0.5, 0.6) is 0 Å². The van der Waals surface area contributed by atoms with Crippen molar-refractivity contribution in [1.82, 2.24) is 29.7 Å². The normalized spacial score (nSPS) is 11.2. The highest BCUT2D eigenvalue weighted by Gasteiger charge is 2.18. The summed E-state index contributed by atoms with van der Waals surface area (Å²) < 4.78 is 8.46. The number of tetrazole rings is 1. The minimum atomic E-state index is -0.381. The van der Waals surface area contributed by atoms with Crippen LogP contribution in [0, 0.1) is 13.8 Å². The molecule has 0 aliphatic rings. The molecule has 1 aromatic carbocycles. The quantitative estimate of drug-likeness (QED) is 0.283. The number of aromatic nitrogens is 5. The number of hydrogen-bond acceptors (Lipinski definition) is 8. The van der Waals surface area contributed by atoms with E-state index in [1.165, 1.54) is 18.9 Å². The number of ketones is 1. The third kappa shape index (κ3) is 5.20. The maximum atomic E-state index is 12.9. The second kappa shape index (κ2) is 9.88. The monoisotopic (exact) mass is 442 g/mol. The number of Topliss-reactive ketones (excluding diaryl/α,β-unsaturated/α-hetero) is 1. The van der Waals surface area contributed by atoms with Gasteiger partial charge in [-0.15, -0.1) is 5.10 Å². The van der Waals surface area contributed by atoms with Crippen molar-refractivity contribution in [2.45, 2.75) is 25.5 Å². The standard InChI is InChI=1S/C21H26N6O3S/c1-14-12-18(15(2)27(14)17-8-6-16(7-9-17)20(29)30-5)19(28)13-31-21-22-23-24-26(21)11-10-25(3)4/h6-9,12H,10-11,13H2,1-5H3. The minimum absolute atomic E-state index is 0.0118. The molecule has 0 N–H and O–H groups in total. The van der Waals surface area contributed by atoms with Gasteiger partial charge in [0.15, 0.2) is 5.78 Å². The molecule has 0 aliphatic heterocycles. The molecule has 0 amide bonds. The molecule has 31 heavy (non-hydrogen) atoms. The number of thioether (sulfide) groups is 1. The van der Waals surface area contributed by atoms with Gasteiger partial charge in [-0.1, -0.05) is 11.8 Å². The van der Waals surface area contributed by atoms with Crippen molar-refractivity contribution in [3.63, 3.8) is 0 Å². The highest BCUT2D eigenvalue weighted by Crippen LogP contribution is 2.24. The van der Waals surface area contributed by atoms with Crippen LogP contribution < -0.4 is 0 Å². The van der Waals surface area contributed by atoms with E-state index in [0.717, 1.165) is 23.6 Å². The molecule has 0 unspecified atom stereocenters. The van der Waals surface area contributed by atoms with Gasteiger partial charge in [-0.2, -0.15) is 0 Å². The fraction of sp³-hybridized carbons (Fsp3) is 0.381. The summed E-state index contributed by atoms with van der Waals surface area (Å²) in [6, 6.07) is 9.00. The number of ether oxygens (including phenoxy) is 1. The first-order chi connectivity index (χ1) is 14.8. The van der Waals surface area contributed by atoms with Crippen molar-refractivity contribution in [1.29, 1.82) is 0 Å². The van der Waals surface area contributed by atoms with E-state index in [-0.39, 0.29) is 17.5 Å². The predicted molar refractivity (Wildman–Crippen MR) is 118 cm³/mol. The molecule has 10 heteroatoms. The summed E-state index contributed by atoms with van der Waals surface area (Å²) in [6.07, 6.45) is 0. The highest BCUT2D eigenvalue weighted by molar-refractivity contribution is 7.99. The fourth-order valence-electron chi connectivity index (χ4n) is 3.25. The Bertz CT molecular complexity index is 1070. The molecule has 0 fully saturated rings. The summed E-state index contributed by atoms with van der Waals surface area (Å²) in [5.41, 5.74) is 3.80. The lowest BCUT2D eigenvalue weighted by molar-refractivity contribution is 0.0600. The van der Waals surface area contributed by atoms with Crippen LogP contribution in [0.25, 0.3) is 5.69 Å². The van der Waals surface area contributed by atoms with Gasteiger partial charge in [0.05, 0.1) is 25.0 Å². The van der Waals surface area contributed by atoms with Gasteiger partial charge in [-0.05, 0) is 68.7 Å². The molecule has 0 aliphatic carbocycles. The highest BCUT2D eigenvalue weighted by atomic mass is 32.2. The third-order valence-electron chi connectivity index (χ3n) is 4.87. The minimum Gasteiger partial charge on any atom is -0.465 e. The van der Waals surface area contributed by atoms with E-state index in [0.29, 0.717) is 22.8 Å². The first-order valence-electron chi connectivity index (χ1n) is 9.76. The van der Waals surface area contributed by atoms with Crippen molar-refractivity contribution in [3.05, 3.63) is 52.8 Å². The molecule has 0 saturated carbocycles. The maximum absolute atomic E-state index is 12.9. The summed E-state index contributed by atoms with van der Waals surface area (Å²) in [5, 5.41) is 12.4. The van der Waals surface area contributed by atoms with Gasteiger partial charge in [0.25, 0.3) is 0 Å². The molecule has 2 heterocycles. The van der Waals surface area contributed by atoms with Gasteiger partial charge >= 0.3 is 5.97 Å². The van der Waals surface area contributed by atoms with Crippen LogP contribution in [0.3, 0.4) is 0 Å². The third-order valence-corrected chi connectivity index (χ3v) is 5.83. The molecule has 3 aromatic rings. The Balaban J connectivity index is 1.74. The first-order valence-corrected chi connectivity index (χ1v) is 10.7. The molecule has 3 rings (SSSR count). The number of methoxy groups -OCH3 is 1. The second-order valence-electron chi connectivity index (χ2n) is 7.36. The lowest BCUT2D eigenvalue weighted by Crippen LogP contribution is -2.19. The molecule has 0 radical (unpaired) electrons. The smallest absolute Gasteiger partial charge is 0.337 e. The Kier molecular flexibility index (Phi) is 7.24. The zero-order valence-corrected chi connectivity index (χ0v) is 19.1. The first kappa shape index (κ1) is 22.7. The number of rotatable bonds is 9. The second-order valence-corrected chi connectivity index (χ2v) is 8.30. The Morgan fingerprint density at radius 2 is 1.87 bits per heavy atom. The summed E-state index contributed by atoms with van der Waals surface area (Å²) in [5.74, 6) is -0.125. The Morgan fingerprint density at radius 1 is 1.16 bits per heavy atom. The zero-order chi connectivity index (χ0) is 22.5. The lowest BCUT2D eigenvalue weighted by atomic mass is 10.2. The molecule has 9 nitrogen and oxygen atoms in total. The fourth-order valence-corrected chi connectivity index (χ4v) is 4.04. The van der Waals surface area contributed by atoms with Gasteiger partial charge in [0.1, 0.15) is 0 Å². The van der Waals surface area contributed by atoms with Gasteiger partial charge in [-0.3, -0.25) is 4.79 Å². The van der Waals surface area contributed by atoms with Crippen molar-refractivity contribution in [2.24, 2.45) is 0 Å². The van der Waals surface area contributed by atoms with E-state index in [4.69, 9.17) is 4.74 Å². The molecule has 0 saturated heterocycles. The maximum Gasteiger partial charge on any atom is 0.337 e. The summed E-state index contributed by atoms with van der Waals surface area (Å²) in [7, 11) is 5.33. The number of esters is 1. The summed E-state index contributed by atoms with van der Waals surface area (Å²) >= 11 is 1.33. The van der Waals surface area contributed by atoms with Crippen LogP contribution in [0.1, 0.15) is 32.1 Å². The number of benzene rings is 1. The number of nitrogens with zero attached hydrogens (tertiary/aromatic N) is 6. The van der Waals surface area contributed by atoms with Crippen molar-refractivity contribution in [2.75, 3.05) is 33.5 Å².